The molecule has 2 N–H and O–H groups in total. The molecule has 1 aromatic carbocycles. The topological polar surface area (TPSA) is 27.3 Å². The standard InChI is InChI=1S/C15H17F2N3S/c1-9-3-4-11-14(20(2)8-19-11)10(9)7-18-13-6-5-12(21-13)15(16)17/h3-6,15,18-19H,7-8H2,1-2H3. The Kier molecular flexibility index (Phi) is 3.71. The number of benzene rings is 1. The van der Waals surface area contributed by atoms with Crippen molar-refractivity contribution in [1.82, 2.24) is 0 Å². The third-order valence-electron chi connectivity index (χ3n) is 3.69. The largest absolute Gasteiger partial charge is 0.373 e. The summed E-state index contributed by atoms with van der Waals surface area (Å²) in [5.41, 5.74) is 4.71. The van der Waals surface area contributed by atoms with Gasteiger partial charge in [0, 0.05) is 13.6 Å². The van der Waals surface area contributed by atoms with Gasteiger partial charge in [0.1, 0.15) is 0 Å². The Morgan fingerprint density at radius 1 is 1.33 bits per heavy atom. The van der Waals surface area contributed by atoms with E-state index in [-0.39, 0.29) is 4.88 Å². The summed E-state index contributed by atoms with van der Waals surface area (Å²) in [4.78, 5) is 2.27. The van der Waals surface area contributed by atoms with Crippen LogP contribution < -0.4 is 15.5 Å². The first kappa shape index (κ1) is 14.1. The first-order chi connectivity index (χ1) is 10.1. The number of nitrogens with one attached hydrogen (secondary N) is 2. The molecule has 0 aliphatic carbocycles. The molecule has 1 aromatic heterocycles. The van der Waals surface area contributed by atoms with Crippen molar-refractivity contribution in [3.63, 3.8) is 0 Å². The fraction of sp³-hybridized carbons (Fsp3) is 0.333. The van der Waals surface area contributed by atoms with E-state index in [9.17, 15) is 8.78 Å². The van der Waals surface area contributed by atoms with Crippen LogP contribution in [0.25, 0.3) is 0 Å². The Labute approximate surface area is 126 Å². The lowest BCUT2D eigenvalue weighted by Crippen LogP contribution is -2.18. The van der Waals surface area contributed by atoms with E-state index in [1.54, 1.807) is 6.07 Å². The molecule has 3 nitrogen and oxygen atoms in total. The van der Waals surface area contributed by atoms with E-state index in [0.29, 0.717) is 6.54 Å². The second kappa shape index (κ2) is 5.52. The number of alkyl halides is 2. The molecule has 0 unspecified atom stereocenters. The molecular weight excluding hydrogens is 292 g/mol. The minimum atomic E-state index is -2.40. The van der Waals surface area contributed by atoms with Gasteiger partial charge in [0.2, 0.25) is 0 Å². The molecule has 0 saturated heterocycles. The quantitative estimate of drug-likeness (QED) is 0.875. The molecular formula is C15H17F2N3S. The van der Waals surface area contributed by atoms with Crippen molar-refractivity contribution >= 4 is 27.7 Å². The lowest BCUT2D eigenvalue weighted by molar-refractivity contribution is 0.155. The number of hydrogen-bond donors (Lipinski definition) is 2. The zero-order valence-corrected chi connectivity index (χ0v) is 12.7. The van der Waals surface area contributed by atoms with Crippen molar-refractivity contribution in [3.05, 3.63) is 40.3 Å². The Morgan fingerprint density at radius 3 is 2.86 bits per heavy atom. The van der Waals surface area contributed by atoms with E-state index in [4.69, 9.17) is 0 Å². The predicted molar refractivity (Wildman–Crippen MR) is 84.7 cm³/mol. The number of fused-ring (bicyclic) bond motifs is 1. The highest BCUT2D eigenvalue weighted by atomic mass is 32.1. The Morgan fingerprint density at radius 2 is 2.14 bits per heavy atom. The number of halogens is 2. The number of aryl methyl sites for hydroxylation is 1. The molecule has 0 saturated carbocycles. The summed E-state index contributed by atoms with van der Waals surface area (Å²) < 4.78 is 25.2. The summed E-state index contributed by atoms with van der Waals surface area (Å²) >= 11 is 1.11. The van der Waals surface area contributed by atoms with Crippen LogP contribution in [0.1, 0.15) is 22.4 Å². The molecule has 1 aliphatic heterocycles. The van der Waals surface area contributed by atoms with Gasteiger partial charge in [-0.1, -0.05) is 6.07 Å². The van der Waals surface area contributed by atoms with Crippen LogP contribution >= 0.6 is 11.3 Å². The SMILES string of the molecule is Cc1ccc2c(c1CNc1ccc(C(F)F)s1)N(C)CN2. The maximum Gasteiger partial charge on any atom is 0.272 e. The van der Waals surface area contributed by atoms with Crippen molar-refractivity contribution in [2.75, 3.05) is 29.2 Å². The summed E-state index contributed by atoms with van der Waals surface area (Å²) in [6.45, 7) is 3.49. The highest BCUT2D eigenvalue weighted by Gasteiger charge is 2.20. The highest BCUT2D eigenvalue weighted by Crippen LogP contribution is 2.37. The van der Waals surface area contributed by atoms with Gasteiger partial charge >= 0.3 is 0 Å². The minimum Gasteiger partial charge on any atom is -0.373 e. The van der Waals surface area contributed by atoms with Crippen molar-refractivity contribution < 1.29 is 8.78 Å². The van der Waals surface area contributed by atoms with Crippen molar-refractivity contribution in [2.45, 2.75) is 19.9 Å². The first-order valence-electron chi connectivity index (χ1n) is 6.75. The third-order valence-corrected chi connectivity index (χ3v) is 4.74. The van der Waals surface area contributed by atoms with Gasteiger partial charge in [-0.25, -0.2) is 8.78 Å². The van der Waals surface area contributed by atoms with Gasteiger partial charge < -0.3 is 15.5 Å². The zero-order chi connectivity index (χ0) is 15.0. The molecule has 2 heterocycles. The molecule has 21 heavy (non-hydrogen) atoms. The lowest BCUT2D eigenvalue weighted by atomic mass is 10.0. The van der Waals surface area contributed by atoms with Gasteiger partial charge in [0.15, 0.2) is 0 Å². The molecule has 6 heteroatoms. The van der Waals surface area contributed by atoms with E-state index >= 15 is 0 Å². The van der Waals surface area contributed by atoms with Gasteiger partial charge in [-0.2, -0.15) is 0 Å². The lowest BCUT2D eigenvalue weighted by Gasteiger charge is -2.17. The number of hydrogen-bond acceptors (Lipinski definition) is 4. The number of thiophene rings is 1. The maximum absolute atomic E-state index is 12.6. The van der Waals surface area contributed by atoms with E-state index in [1.165, 1.54) is 22.9 Å². The molecule has 1 aliphatic rings. The molecule has 0 fully saturated rings. The summed E-state index contributed by atoms with van der Waals surface area (Å²) in [6, 6.07) is 7.36. The molecule has 0 atom stereocenters. The molecule has 0 spiro atoms. The molecule has 0 amide bonds. The Balaban J connectivity index is 1.80. The van der Waals surface area contributed by atoms with Crippen LogP contribution in [0.2, 0.25) is 0 Å². The van der Waals surface area contributed by atoms with Crippen molar-refractivity contribution in [3.8, 4) is 0 Å². The van der Waals surface area contributed by atoms with Crippen molar-refractivity contribution in [2.24, 2.45) is 0 Å². The second-order valence-electron chi connectivity index (χ2n) is 5.15. The van der Waals surface area contributed by atoms with Crippen LogP contribution in [-0.2, 0) is 6.54 Å². The van der Waals surface area contributed by atoms with E-state index < -0.39 is 6.43 Å². The van der Waals surface area contributed by atoms with Gasteiger partial charge in [0.05, 0.1) is 27.9 Å². The average Bonchev–Trinajstić information content (AvgIpc) is 3.06. The minimum absolute atomic E-state index is 0.103. The summed E-state index contributed by atoms with van der Waals surface area (Å²) in [5.74, 6) is 0. The molecule has 2 aromatic rings. The molecule has 3 rings (SSSR count). The molecule has 0 radical (unpaired) electrons. The van der Waals surface area contributed by atoms with E-state index in [2.05, 4.69) is 34.6 Å². The predicted octanol–water partition coefficient (Wildman–Crippen LogP) is 4.43. The third kappa shape index (κ3) is 2.68. The first-order valence-corrected chi connectivity index (χ1v) is 7.57. The normalized spacial score (nSPS) is 13.5. The van der Waals surface area contributed by atoms with Gasteiger partial charge in [-0.3, -0.25) is 0 Å². The number of nitrogens with zero attached hydrogens (tertiary/aromatic N) is 1. The summed E-state index contributed by atoms with van der Waals surface area (Å²) in [5, 5.41) is 7.37. The van der Waals surface area contributed by atoms with Crippen LogP contribution in [-0.4, -0.2) is 13.7 Å². The van der Waals surface area contributed by atoms with E-state index in [1.807, 2.05) is 7.05 Å². The van der Waals surface area contributed by atoms with Crippen molar-refractivity contribution in [1.29, 1.82) is 0 Å². The fourth-order valence-corrected chi connectivity index (χ4v) is 3.32. The smallest absolute Gasteiger partial charge is 0.272 e. The van der Waals surface area contributed by atoms with Gasteiger partial charge in [0.25, 0.3) is 6.43 Å². The highest BCUT2D eigenvalue weighted by molar-refractivity contribution is 7.16. The van der Waals surface area contributed by atoms with Crippen LogP contribution in [0.15, 0.2) is 24.3 Å². The number of anilines is 3. The van der Waals surface area contributed by atoms with Crippen LogP contribution in [0.4, 0.5) is 25.2 Å². The Hall–Kier alpha value is -1.82. The Bertz CT molecular complexity index is 654. The van der Waals surface area contributed by atoms with Gasteiger partial charge in [-0.05, 0) is 36.2 Å². The number of rotatable bonds is 4. The maximum atomic E-state index is 12.6. The van der Waals surface area contributed by atoms with E-state index in [0.717, 1.165) is 28.7 Å². The fourth-order valence-electron chi connectivity index (χ4n) is 2.56. The van der Waals surface area contributed by atoms with Crippen LogP contribution in [0.5, 0.6) is 0 Å². The average molecular weight is 309 g/mol. The van der Waals surface area contributed by atoms with Crippen LogP contribution in [0, 0.1) is 6.92 Å². The molecule has 112 valence electrons. The zero-order valence-electron chi connectivity index (χ0n) is 11.9. The second-order valence-corrected chi connectivity index (χ2v) is 6.26. The van der Waals surface area contributed by atoms with Crippen LogP contribution in [0.3, 0.4) is 0 Å². The van der Waals surface area contributed by atoms with Gasteiger partial charge in [-0.15, -0.1) is 11.3 Å². The summed E-state index contributed by atoms with van der Waals surface area (Å²) in [7, 11) is 2.04. The monoisotopic (exact) mass is 309 g/mol. The molecule has 0 bridgehead atoms. The summed E-state index contributed by atoms with van der Waals surface area (Å²) in [6.07, 6.45) is -2.40.